The van der Waals surface area contributed by atoms with Gasteiger partial charge in [-0.05, 0) is 37.1 Å². The summed E-state index contributed by atoms with van der Waals surface area (Å²) in [5.74, 6) is -2.02. The second kappa shape index (κ2) is 7.45. The highest BCUT2D eigenvalue weighted by molar-refractivity contribution is 7.89. The number of para-hydroxylation sites is 1. The summed E-state index contributed by atoms with van der Waals surface area (Å²) in [4.78, 5) is 24.5. The molecular formula is C19H18FN3O5S. The third-order valence-electron chi connectivity index (χ3n) is 4.79. The maximum absolute atomic E-state index is 13.7. The van der Waals surface area contributed by atoms with Crippen molar-refractivity contribution in [3.63, 3.8) is 0 Å². The van der Waals surface area contributed by atoms with Crippen molar-refractivity contribution in [2.45, 2.75) is 24.3 Å². The Labute approximate surface area is 165 Å². The Bertz CT molecular complexity index is 1240. The summed E-state index contributed by atoms with van der Waals surface area (Å²) in [6.45, 7) is 0.515. The fourth-order valence-electron chi connectivity index (χ4n) is 3.33. The molecule has 1 aliphatic rings. The van der Waals surface area contributed by atoms with E-state index in [0.29, 0.717) is 13.1 Å². The van der Waals surface area contributed by atoms with Crippen LogP contribution in [0, 0.1) is 5.82 Å². The van der Waals surface area contributed by atoms with Gasteiger partial charge >= 0.3 is 5.76 Å². The number of halogens is 1. The Kier molecular flexibility index (Phi) is 4.97. The number of nitrogens with zero attached hydrogens (tertiary/aromatic N) is 2. The zero-order chi connectivity index (χ0) is 20.6. The van der Waals surface area contributed by atoms with Crippen molar-refractivity contribution in [2.24, 2.45) is 0 Å². The molecule has 8 nitrogen and oxygen atoms in total. The summed E-state index contributed by atoms with van der Waals surface area (Å²) in [7, 11) is -3.66. The Hall–Kier alpha value is -2.98. The van der Waals surface area contributed by atoms with Crippen LogP contribution in [-0.4, -0.2) is 36.3 Å². The molecule has 0 spiro atoms. The standard InChI is InChI=1S/C19H18FN3O5S/c20-14-5-1-2-6-15(14)21-18(24)12-23-16-8-7-13(11-17(16)28-19(23)25)29(26,27)22-9-3-4-10-22/h1-2,5-8,11H,3-4,9-10,12H2,(H,21,24). The van der Waals surface area contributed by atoms with Gasteiger partial charge in [-0.15, -0.1) is 0 Å². The molecule has 1 amide bonds. The molecule has 29 heavy (non-hydrogen) atoms. The SMILES string of the molecule is O=C(Cn1c(=O)oc2cc(S(=O)(=O)N3CCCC3)ccc21)Nc1ccccc1F. The van der Waals surface area contributed by atoms with Gasteiger partial charge in [0.1, 0.15) is 12.4 Å². The molecule has 1 aromatic heterocycles. The van der Waals surface area contributed by atoms with E-state index in [1.54, 1.807) is 6.07 Å². The summed E-state index contributed by atoms with van der Waals surface area (Å²) in [5.41, 5.74) is 0.338. The van der Waals surface area contributed by atoms with E-state index in [1.165, 1.54) is 40.7 Å². The molecule has 1 saturated heterocycles. The number of carbonyl (C=O) groups excluding carboxylic acids is 1. The van der Waals surface area contributed by atoms with E-state index in [-0.39, 0.29) is 21.7 Å². The van der Waals surface area contributed by atoms with Crippen molar-refractivity contribution in [3.8, 4) is 0 Å². The minimum absolute atomic E-state index is 0.00246. The quantitative estimate of drug-likeness (QED) is 0.683. The molecule has 0 radical (unpaired) electrons. The highest BCUT2D eigenvalue weighted by atomic mass is 32.2. The smallest absolute Gasteiger partial charge is 0.408 e. The van der Waals surface area contributed by atoms with Crippen molar-refractivity contribution in [3.05, 3.63) is 58.8 Å². The summed E-state index contributed by atoms with van der Waals surface area (Å²) in [6, 6.07) is 9.77. The number of rotatable bonds is 5. The largest absolute Gasteiger partial charge is 0.420 e. The second-order valence-corrected chi connectivity index (χ2v) is 8.66. The predicted molar refractivity (Wildman–Crippen MR) is 103 cm³/mol. The molecule has 1 aliphatic heterocycles. The number of nitrogens with one attached hydrogen (secondary N) is 1. The lowest BCUT2D eigenvalue weighted by Crippen LogP contribution is -2.27. The fraction of sp³-hybridized carbons (Fsp3) is 0.263. The molecule has 2 aromatic carbocycles. The average molecular weight is 419 g/mol. The molecule has 1 fully saturated rings. The molecule has 152 valence electrons. The van der Waals surface area contributed by atoms with Crippen molar-refractivity contribution in [1.29, 1.82) is 0 Å². The minimum Gasteiger partial charge on any atom is -0.408 e. The molecule has 2 heterocycles. The fourth-order valence-corrected chi connectivity index (χ4v) is 4.86. The third kappa shape index (κ3) is 3.68. The van der Waals surface area contributed by atoms with Crippen LogP contribution < -0.4 is 11.1 Å². The van der Waals surface area contributed by atoms with Crippen molar-refractivity contribution in [2.75, 3.05) is 18.4 Å². The van der Waals surface area contributed by atoms with Crippen LogP contribution in [-0.2, 0) is 21.4 Å². The van der Waals surface area contributed by atoms with E-state index >= 15 is 0 Å². The maximum atomic E-state index is 13.7. The second-order valence-electron chi connectivity index (χ2n) is 6.72. The van der Waals surface area contributed by atoms with Gasteiger partial charge in [-0.25, -0.2) is 17.6 Å². The lowest BCUT2D eigenvalue weighted by Gasteiger charge is -2.15. The highest BCUT2D eigenvalue weighted by Gasteiger charge is 2.28. The van der Waals surface area contributed by atoms with E-state index in [0.717, 1.165) is 17.4 Å². The zero-order valence-electron chi connectivity index (χ0n) is 15.3. The number of fused-ring (bicyclic) bond motifs is 1. The van der Waals surface area contributed by atoms with Gasteiger partial charge in [-0.2, -0.15) is 4.31 Å². The van der Waals surface area contributed by atoms with Crippen LogP contribution in [0.3, 0.4) is 0 Å². The first kappa shape index (κ1) is 19.3. The van der Waals surface area contributed by atoms with E-state index in [9.17, 15) is 22.4 Å². The number of hydrogen-bond acceptors (Lipinski definition) is 5. The molecular weight excluding hydrogens is 401 g/mol. The highest BCUT2D eigenvalue weighted by Crippen LogP contribution is 2.24. The van der Waals surface area contributed by atoms with E-state index in [4.69, 9.17) is 4.42 Å². The summed E-state index contributed by atoms with van der Waals surface area (Å²) < 4.78 is 46.7. The topological polar surface area (TPSA) is 102 Å². The predicted octanol–water partition coefficient (Wildman–Crippen LogP) is 2.16. The number of amides is 1. The van der Waals surface area contributed by atoms with Gasteiger partial charge in [0, 0.05) is 19.2 Å². The van der Waals surface area contributed by atoms with Crippen LogP contribution in [0.4, 0.5) is 10.1 Å². The zero-order valence-corrected chi connectivity index (χ0v) is 16.1. The van der Waals surface area contributed by atoms with Gasteiger partial charge in [0.15, 0.2) is 5.58 Å². The van der Waals surface area contributed by atoms with Crippen LogP contribution in [0.1, 0.15) is 12.8 Å². The molecule has 0 unspecified atom stereocenters. The number of hydrogen-bond donors (Lipinski definition) is 1. The lowest BCUT2D eigenvalue weighted by molar-refractivity contribution is -0.116. The van der Waals surface area contributed by atoms with Crippen LogP contribution in [0.2, 0.25) is 0 Å². The molecule has 10 heteroatoms. The molecule has 1 N–H and O–H groups in total. The van der Waals surface area contributed by atoms with Gasteiger partial charge in [0.05, 0.1) is 16.1 Å². The monoisotopic (exact) mass is 419 g/mol. The van der Waals surface area contributed by atoms with Crippen LogP contribution >= 0.6 is 0 Å². The van der Waals surface area contributed by atoms with Gasteiger partial charge in [0.2, 0.25) is 15.9 Å². The molecule has 0 atom stereocenters. The molecule has 0 saturated carbocycles. The number of sulfonamides is 1. The number of anilines is 1. The first-order chi connectivity index (χ1) is 13.9. The minimum atomic E-state index is -3.66. The molecule has 0 aliphatic carbocycles. The van der Waals surface area contributed by atoms with Crippen molar-refractivity contribution >= 4 is 32.7 Å². The van der Waals surface area contributed by atoms with Crippen LogP contribution in [0.25, 0.3) is 11.1 Å². The average Bonchev–Trinajstić information content (AvgIpc) is 3.32. The number of benzene rings is 2. The van der Waals surface area contributed by atoms with Gasteiger partial charge in [0.25, 0.3) is 0 Å². The van der Waals surface area contributed by atoms with Gasteiger partial charge in [-0.1, -0.05) is 12.1 Å². The maximum Gasteiger partial charge on any atom is 0.420 e. The normalized spacial score (nSPS) is 15.1. The third-order valence-corrected chi connectivity index (χ3v) is 6.69. The van der Waals surface area contributed by atoms with Crippen LogP contribution in [0.5, 0.6) is 0 Å². The lowest BCUT2D eigenvalue weighted by atomic mass is 10.3. The Morgan fingerprint density at radius 1 is 1.14 bits per heavy atom. The van der Waals surface area contributed by atoms with E-state index in [1.807, 2.05) is 0 Å². The van der Waals surface area contributed by atoms with Crippen molar-refractivity contribution < 1.29 is 22.0 Å². The summed E-state index contributed by atoms with van der Waals surface area (Å²) in [6.07, 6.45) is 1.62. The molecule has 3 aromatic rings. The first-order valence-electron chi connectivity index (χ1n) is 9.04. The summed E-state index contributed by atoms with van der Waals surface area (Å²) in [5, 5.41) is 2.40. The van der Waals surface area contributed by atoms with E-state index < -0.39 is 34.0 Å². The number of carbonyl (C=O) groups is 1. The Morgan fingerprint density at radius 2 is 1.86 bits per heavy atom. The van der Waals surface area contributed by atoms with E-state index in [2.05, 4.69) is 5.32 Å². The summed E-state index contributed by atoms with van der Waals surface area (Å²) >= 11 is 0. The van der Waals surface area contributed by atoms with Gasteiger partial charge < -0.3 is 9.73 Å². The van der Waals surface area contributed by atoms with Crippen LogP contribution in [0.15, 0.2) is 56.6 Å². The first-order valence-corrected chi connectivity index (χ1v) is 10.5. The van der Waals surface area contributed by atoms with Crippen molar-refractivity contribution in [1.82, 2.24) is 8.87 Å². The molecule has 4 rings (SSSR count). The van der Waals surface area contributed by atoms with Gasteiger partial charge in [-0.3, -0.25) is 9.36 Å². The number of oxazole rings is 1. The Morgan fingerprint density at radius 3 is 2.59 bits per heavy atom. The Balaban J connectivity index is 1.61. The molecule has 0 bridgehead atoms. The number of aromatic nitrogens is 1.